The lowest BCUT2D eigenvalue weighted by Gasteiger charge is -2.29. The monoisotopic (exact) mass is 240 g/mol. The van der Waals surface area contributed by atoms with Gasteiger partial charge in [-0.1, -0.05) is 0 Å². The first-order chi connectivity index (χ1) is 7.68. The van der Waals surface area contributed by atoms with E-state index in [0.717, 1.165) is 0 Å². The van der Waals surface area contributed by atoms with Gasteiger partial charge in [0.05, 0.1) is 11.4 Å². The molecule has 1 amide bonds. The van der Waals surface area contributed by atoms with E-state index in [-0.39, 0.29) is 11.8 Å². The summed E-state index contributed by atoms with van der Waals surface area (Å²) in [5.74, 6) is -1.16. The van der Waals surface area contributed by atoms with Gasteiger partial charge in [0.2, 0.25) is 0 Å². The quantitative estimate of drug-likeness (QED) is 0.839. The highest BCUT2D eigenvalue weighted by atomic mass is 32.1. The van der Waals surface area contributed by atoms with Crippen LogP contribution in [0, 0.1) is 5.92 Å². The second kappa shape index (κ2) is 4.61. The van der Waals surface area contributed by atoms with Crippen LogP contribution in [-0.4, -0.2) is 40.0 Å². The van der Waals surface area contributed by atoms with Crippen molar-refractivity contribution in [3.63, 3.8) is 0 Å². The van der Waals surface area contributed by atoms with Crippen LogP contribution in [-0.2, 0) is 4.79 Å². The Morgan fingerprint density at radius 3 is 2.62 bits per heavy atom. The number of rotatable bonds is 2. The standard InChI is InChI=1S/C10H12N2O3S/c13-9(8-5-16-6-11-8)12-3-1-7(2-4-12)10(14)15/h5-7H,1-4H2,(H,14,15). The average molecular weight is 240 g/mol. The Morgan fingerprint density at radius 1 is 1.44 bits per heavy atom. The Kier molecular flexibility index (Phi) is 3.19. The van der Waals surface area contributed by atoms with Crippen molar-refractivity contribution < 1.29 is 14.7 Å². The first kappa shape index (κ1) is 11.1. The first-order valence-corrected chi connectivity index (χ1v) is 6.03. The van der Waals surface area contributed by atoms with E-state index in [4.69, 9.17) is 5.11 Å². The third-order valence-electron chi connectivity index (χ3n) is 2.78. The van der Waals surface area contributed by atoms with E-state index in [1.54, 1.807) is 15.8 Å². The molecule has 1 aliphatic rings. The highest BCUT2D eigenvalue weighted by Crippen LogP contribution is 2.19. The molecular formula is C10H12N2O3S. The predicted octanol–water partition coefficient (Wildman–Crippen LogP) is 1.08. The van der Waals surface area contributed by atoms with Gasteiger partial charge < -0.3 is 10.0 Å². The fourth-order valence-electron chi connectivity index (χ4n) is 1.81. The molecule has 0 unspecified atom stereocenters. The Labute approximate surface area is 96.7 Å². The number of hydrogen-bond acceptors (Lipinski definition) is 4. The largest absolute Gasteiger partial charge is 0.481 e. The van der Waals surface area contributed by atoms with Crippen molar-refractivity contribution in [3.05, 3.63) is 16.6 Å². The van der Waals surface area contributed by atoms with Gasteiger partial charge >= 0.3 is 5.97 Å². The second-order valence-corrected chi connectivity index (χ2v) is 4.50. The van der Waals surface area contributed by atoms with Crippen molar-refractivity contribution in [1.29, 1.82) is 0 Å². The lowest BCUT2D eigenvalue weighted by molar-refractivity contribution is -0.143. The molecule has 1 saturated heterocycles. The molecule has 0 bridgehead atoms. The molecule has 1 aliphatic heterocycles. The molecule has 6 heteroatoms. The van der Waals surface area contributed by atoms with Gasteiger partial charge in [0.15, 0.2) is 0 Å². The summed E-state index contributed by atoms with van der Waals surface area (Å²) in [6, 6.07) is 0. The van der Waals surface area contributed by atoms with Gasteiger partial charge in [-0.25, -0.2) is 4.98 Å². The van der Waals surface area contributed by atoms with Gasteiger partial charge in [-0.3, -0.25) is 9.59 Å². The smallest absolute Gasteiger partial charge is 0.306 e. The van der Waals surface area contributed by atoms with Crippen LogP contribution >= 0.6 is 11.3 Å². The number of hydrogen-bond donors (Lipinski definition) is 1. The van der Waals surface area contributed by atoms with E-state index in [2.05, 4.69) is 4.98 Å². The molecule has 86 valence electrons. The molecule has 0 spiro atoms. The second-order valence-electron chi connectivity index (χ2n) is 3.78. The minimum absolute atomic E-state index is 0.0925. The molecule has 1 aromatic heterocycles. The Balaban J connectivity index is 1.94. The van der Waals surface area contributed by atoms with Crippen molar-refractivity contribution in [1.82, 2.24) is 9.88 Å². The number of amides is 1. The van der Waals surface area contributed by atoms with Gasteiger partial charge in [-0.15, -0.1) is 11.3 Å². The lowest BCUT2D eigenvalue weighted by atomic mass is 9.97. The van der Waals surface area contributed by atoms with Crippen molar-refractivity contribution in [2.45, 2.75) is 12.8 Å². The van der Waals surface area contributed by atoms with Crippen LogP contribution in [0.5, 0.6) is 0 Å². The molecule has 1 fully saturated rings. The number of aromatic nitrogens is 1. The Morgan fingerprint density at radius 2 is 2.12 bits per heavy atom. The summed E-state index contributed by atoms with van der Waals surface area (Å²) in [7, 11) is 0. The zero-order valence-electron chi connectivity index (χ0n) is 8.63. The summed E-state index contributed by atoms with van der Waals surface area (Å²) in [6.07, 6.45) is 1.07. The molecule has 1 N–H and O–H groups in total. The van der Waals surface area contributed by atoms with E-state index in [0.29, 0.717) is 31.6 Å². The highest BCUT2D eigenvalue weighted by molar-refractivity contribution is 7.07. The lowest BCUT2D eigenvalue weighted by Crippen LogP contribution is -2.40. The fourth-order valence-corrected chi connectivity index (χ4v) is 2.34. The fraction of sp³-hybridized carbons (Fsp3) is 0.500. The third kappa shape index (κ3) is 2.21. The maximum Gasteiger partial charge on any atom is 0.306 e. The van der Waals surface area contributed by atoms with E-state index >= 15 is 0 Å². The summed E-state index contributed by atoms with van der Waals surface area (Å²) >= 11 is 1.38. The number of carbonyl (C=O) groups is 2. The van der Waals surface area contributed by atoms with Crippen LogP contribution in [0.1, 0.15) is 23.3 Å². The minimum atomic E-state index is -0.763. The normalized spacial score (nSPS) is 17.4. The van der Waals surface area contributed by atoms with E-state index in [9.17, 15) is 9.59 Å². The number of carbonyl (C=O) groups excluding carboxylic acids is 1. The van der Waals surface area contributed by atoms with E-state index in [1.165, 1.54) is 11.3 Å². The zero-order valence-corrected chi connectivity index (χ0v) is 9.44. The van der Waals surface area contributed by atoms with Gasteiger partial charge in [-0.2, -0.15) is 0 Å². The highest BCUT2D eigenvalue weighted by Gasteiger charge is 2.27. The Hall–Kier alpha value is -1.43. The number of piperidine rings is 1. The first-order valence-electron chi connectivity index (χ1n) is 5.08. The number of likely N-dealkylation sites (tertiary alicyclic amines) is 1. The summed E-state index contributed by atoms with van der Waals surface area (Å²) in [4.78, 5) is 28.2. The number of nitrogens with zero attached hydrogens (tertiary/aromatic N) is 2. The molecule has 2 heterocycles. The summed E-state index contributed by atoms with van der Waals surface area (Å²) in [5, 5.41) is 10.5. The summed E-state index contributed by atoms with van der Waals surface area (Å²) in [5.41, 5.74) is 2.08. The van der Waals surface area contributed by atoms with Crippen molar-refractivity contribution in [2.75, 3.05) is 13.1 Å². The maximum absolute atomic E-state index is 11.9. The van der Waals surface area contributed by atoms with Crippen molar-refractivity contribution in [3.8, 4) is 0 Å². The van der Waals surface area contributed by atoms with Crippen LogP contribution < -0.4 is 0 Å². The molecule has 0 saturated carbocycles. The van der Waals surface area contributed by atoms with E-state index in [1.807, 2.05) is 0 Å². The number of aliphatic carboxylic acids is 1. The molecule has 0 aromatic carbocycles. The zero-order chi connectivity index (χ0) is 11.5. The molecule has 0 aliphatic carbocycles. The maximum atomic E-state index is 11.9. The minimum Gasteiger partial charge on any atom is -0.481 e. The van der Waals surface area contributed by atoms with Gasteiger partial charge in [0.1, 0.15) is 5.69 Å². The predicted molar refractivity (Wildman–Crippen MR) is 58.4 cm³/mol. The Bertz CT molecular complexity index is 383. The van der Waals surface area contributed by atoms with Crippen LogP contribution in [0.25, 0.3) is 0 Å². The molecule has 0 atom stereocenters. The van der Waals surface area contributed by atoms with Crippen LogP contribution in [0.15, 0.2) is 10.9 Å². The summed E-state index contributed by atoms with van der Waals surface area (Å²) in [6.45, 7) is 1.01. The number of carboxylic acid groups (broad SMARTS) is 1. The van der Waals surface area contributed by atoms with Gasteiger partial charge in [0, 0.05) is 18.5 Å². The number of thiazole rings is 1. The van der Waals surface area contributed by atoms with Crippen LogP contribution in [0.2, 0.25) is 0 Å². The molecule has 5 nitrogen and oxygen atoms in total. The average Bonchev–Trinajstić information content (AvgIpc) is 2.81. The van der Waals surface area contributed by atoms with Gasteiger partial charge in [-0.05, 0) is 12.8 Å². The van der Waals surface area contributed by atoms with Crippen LogP contribution in [0.3, 0.4) is 0 Å². The summed E-state index contributed by atoms with van der Waals surface area (Å²) < 4.78 is 0. The molecule has 16 heavy (non-hydrogen) atoms. The van der Waals surface area contributed by atoms with E-state index < -0.39 is 5.97 Å². The third-order valence-corrected chi connectivity index (χ3v) is 3.37. The van der Waals surface area contributed by atoms with Crippen molar-refractivity contribution >= 4 is 23.2 Å². The number of carboxylic acids is 1. The van der Waals surface area contributed by atoms with Crippen LogP contribution in [0.4, 0.5) is 0 Å². The van der Waals surface area contributed by atoms with Gasteiger partial charge in [0.25, 0.3) is 5.91 Å². The van der Waals surface area contributed by atoms with Crippen molar-refractivity contribution in [2.24, 2.45) is 5.92 Å². The molecule has 2 rings (SSSR count). The molecule has 1 aromatic rings. The molecular weight excluding hydrogens is 228 g/mol. The SMILES string of the molecule is O=C(O)C1CCN(C(=O)c2cscn2)CC1. The topological polar surface area (TPSA) is 70.5 Å². The molecule has 0 radical (unpaired) electrons.